The van der Waals surface area contributed by atoms with Crippen molar-refractivity contribution < 1.29 is 27.8 Å². The van der Waals surface area contributed by atoms with E-state index >= 15 is 0 Å². The Morgan fingerprint density at radius 1 is 1.31 bits per heavy atom. The fourth-order valence-corrected chi connectivity index (χ4v) is 4.90. The molecule has 188 valence electrons. The van der Waals surface area contributed by atoms with Gasteiger partial charge in [0.05, 0.1) is 31.9 Å². The minimum atomic E-state index is -4.61. The lowest BCUT2D eigenvalue weighted by Gasteiger charge is -2.39. The Bertz CT molecular complexity index is 1160. The SMILES string of the molecule is O=C(CN1c2nc(N3CC4CC3CO4)cc(=O)n2CC[C@H]1C(F)(F)F)c1ccc(NCCO)nc1. The summed E-state index contributed by atoms with van der Waals surface area (Å²) in [4.78, 5) is 37.2. The van der Waals surface area contributed by atoms with Crippen LogP contribution in [0, 0.1) is 0 Å². The maximum Gasteiger partial charge on any atom is 0.408 e. The first-order valence-corrected chi connectivity index (χ1v) is 11.4. The lowest BCUT2D eigenvalue weighted by Crippen LogP contribution is -2.54. The van der Waals surface area contributed by atoms with Gasteiger partial charge in [0, 0.05) is 37.5 Å². The van der Waals surface area contributed by atoms with Crippen molar-refractivity contribution in [2.45, 2.75) is 43.8 Å². The second-order valence-corrected chi connectivity index (χ2v) is 8.88. The number of fused-ring (bicyclic) bond motifs is 3. The topological polar surface area (TPSA) is 113 Å². The first-order chi connectivity index (χ1) is 16.7. The van der Waals surface area contributed by atoms with Gasteiger partial charge in [-0.2, -0.15) is 18.2 Å². The standard InChI is InChI=1S/C22H25F3N6O4/c23-22(24,25)17-3-5-29-20(34)8-19(30-10-15-7-14(30)12-35-15)28-21(29)31(17)11-16(33)13-1-2-18(27-9-13)26-4-6-32/h1-2,8-9,14-15,17,32H,3-7,10-12H2,(H,26,27)/t14?,15?,17-/m0/s1. The van der Waals surface area contributed by atoms with Crippen molar-refractivity contribution in [3.63, 3.8) is 0 Å². The van der Waals surface area contributed by atoms with E-state index in [0.717, 1.165) is 11.3 Å². The molecular weight excluding hydrogens is 469 g/mol. The van der Waals surface area contributed by atoms with Crippen LogP contribution in [0.5, 0.6) is 0 Å². The van der Waals surface area contributed by atoms with Crippen molar-refractivity contribution in [2.75, 3.05) is 48.0 Å². The molecule has 2 aromatic heterocycles. The summed E-state index contributed by atoms with van der Waals surface area (Å²) in [5, 5.41) is 11.7. The molecule has 3 aliphatic rings. The van der Waals surface area contributed by atoms with Crippen LogP contribution in [0.1, 0.15) is 23.2 Å². The number of aliphatic hydroxyl groups is 1. The third-order valence-electron chi connectivity index (χ3n) is 6.62. The summed E-state index contributed by atoms with van der Waals surface area (Å²) in [7, 11) is 0. The molecule has 0 radical (unpaired) electrons. The molecule has 0 aliphatic carbocycles. The molecule has 10 nitrogen and oxygen atoms in total. The van der Waals surface area contributed by atoms with Crippen LogP contribution < -0.4 is 20.7 Å². The van der Waals surface area contributed by atoms with Gasteiger partial charge in [0.2, 0.25) is 5.95 Å². The number of carbonyl (C=O) groups is 1. The second-order valence-electron chi connectivity index (χ2n) is 8.88. The fraction of sp³-hybridized carbons (Fsp3) is 0.545. The quantitative estimate of drug-likeness (QED) is 0.546. The Morgan fingerprint density at radius 3 is 2.77 bits per heavy atom. The zero-order chi connectivity index (χ0) is 24.7. The van der Waals surface area contributed by atoms with Crippen molar-refractivity contribution in [3.05, 3.63) is 40.3 Å². The number of ketones is 1. The van der Waals surface area contributed by atoms with Crippen LogP contribution in [0.4, 0.5) is 30.8 Å². The average Bonchev–Trinajstić information content (AvgIpc) is 3.46. The number of carbonyl (C=O) groups excluding carboxylic acids is 1. The van der Waals surface area contributed by atoms with Crippen LogP contribution in [0.15, 0.2) is 29.2 Å². The third-order valence-corrected chi connectivity index (χ3v) is 6.62. The lowest BCUT2D eigenvalue weighted by atomic mass is 10.1. The molecule has 35 heavy (non-hydrogen) atoms. The van der Waals surface area contributed by atoms with Gasteiger partial charge in [-0.05, 0) is 25.0 Å². The highest BCUT2D eigenvalue weighted by Gasteiger charge is 2.48. The highest BCUT2D eigenvalue weighted by atomic mass is 19.4. The first-order valence-electron chi connectivity index (χ1n) is 11.4. The number of Topliss-reactive ketones (excluding diaryl/α,β-unsaturated/α-hetero) is 1. The molecule has 2 unspecified atom stereocenters. The summed E-state index contributed by atoms with van der Waals surface area (Å²) in [5.41, 5.74) is -0.321. The number of aliphatic hydroxyl groups excluding tert-OH is 1. The minimum absolute atomic E-state index is 0.0172. The number of anilines is 3. The maximum atomic E-state index is 14.0. The van der Waals surface area contributed by atoms with E-state index in [1.165, 1.54) is 29.0 Å². The zero-order valence-corrected chi connectivity index (χ0v) is 18.7. The smallest absolute Gasteiger partial charge is 0.395 e. The molecule has 2 saturated heterocycles. The van der Waals surface area contributed by atoms with Crippen LogP contribution in [-0.4, -0.2) is 82.6 Å². The highest BCUT2D eigenvalue weighted by Crippen LogP contribution is 2.36. The molecule has 2 N–H and O–H groups in total. The van der Waals surface area contributed by atoms with E-state index < -0.39 is 30.1 Å². The predicted molar refractivity (Wildman–Crippen MR) is 120 cm³/mol. The van der Waals surface area contributed by atoms with Crippen LogP contribution in [-0.2, 0) is 11.3 Å². The van der Waals surface area contributed by atoms with Gasteiger partial charge in [0.25, 0.3) is 5.56 Å². The number of halogens is 3. The van der Waals surface area contributed by atoms with E-state index in [9.17, 15) is 22.8 Å². The number of ether oxygens (including phenoxy) is 1. The maximum absolute atomic E-state index is 14.0. The number of hydrogen-bond acceptors (Lipinski definition) is 9. The molecule has 3 aliphatic heterocycles. The van der Waals surface area contributed by atoms with E-state index in [2.05, 4.69) is 15.3 Å². The molecule has 13 heteroatoms. The number of alkyl halides is 3. The number of nitrogens with one attached hydrogen (secondary N) is 1. The Labute approximate surface area is 198 Å². The Morgan fingerprint density at radius 2 is 2.14 bits per heavy atom. The van der Waals surface area contributed by atoms with E-state index in [1.807, 2.05) is 4.90 Å². The predicted octanol–water partition coefficient (Wildman–Crippen LogP) is 1.04. The van der Waals surface area contributed by atoms with E-state index in [0.29, 0.717) is 24.8 Å². The molecule has 0 spiro atoms. The van der Waals surface area contributed by atoms with Gasteiger partial charge in [-0.25, -0.2) is 4.98 Å². The zero-order valence-electron chi connectivity index (χ0n) is 18.7. The van der Waals surface area contributed by atoms with Crippen LogP contribution in [0.3, 0.4) is 0 Å². The largest absolute Gasteiger partial charge is 0.408 e. The van der Waals surface area contributed by atoms with Gasteiger partial charge in [0.15, 0.2) is 5.78 Å². The number of rotatable bonds is 7. The highest BCUT2D eigenvalue weighted by molar-refractivity contribution is 5.99. The minimum Gasteiger partial charge on any atom is -0.395 e. The van der Waals surface area contributed by atoms with E-state index in [1.54, 1.807) is 0 Å². The Balaban J connectivity index is 1.46. The number of pyridine rings is 1. The number of aromatic nitrogens is 3. The van der Waals surface area contributed by atoms with E-state index in [4.69, 9.17) is 9.84 Å². The normalized spacial score (nSPS) is 23.5. The fourth-order valence-electron chi connectivity index (χ4n) is 4.90. The molecule has 3 atom stereocenters. The summed E-state index contributed by atoms with van der Waals surface area (Å²) in [6, 6.07) is 2.39. The first kappa shape index (κ1) is 23.5. The molecule has 0 aromatic carbocycles. The van der Waals surface area contributed by atoms with Gasteiger partial charge in [-0.15, -0.1) is 0 Å². The Hall–Kier alpha value is -3.19. The number of nitrogens with zero attached hydrogens (tertiary/aromatic N) is 5. The van der Waals surface area contributed by atoms with Crippen molar-refractivity contribution in [2.24, 2.45) is 0 Å². The average molecular weight is 494 g/mol. The van der Waals surface area contributed by atoms with Crippen molar-refractivity contribution in [3.8, 4) is 0 Å². The summed E-state index contributed by atoms with van der Waals surface area (Å²) < 4.78 is 48.8. The summed E-state index contributed by atoms with van der Waals surface area (Å²) in [6.07, 6.45) is -2.91. The molecule has 0 saturated carbocycles. The van der Waals surface area contributed by atoms with Crippen LogP contribution in [0.2, 0.25) is 0 Å². The Kier molecular flexibility index (Phi) is 6.13. The van der Waals surface area contributed by atoms with Crippen molar-refractivity contribution in [1.82, 2.24) is 14.5 Å². The monoisotopic (exact) mass is 494 g/mol. The molecule has 0 amide bonds. The molecule has 5 rings (SSSR count). The molecule has 2 bridgehead atoms. The van der Waals surface area contributed by atoms with Gasteiger partial charge >= 0.3 is 6.18 Å². The summed E-state index contributed by atoms with van der Waals surface area (Å²) >= 11 is 0. The number of hydrogen-bond donors (Lipinski definition) is 2. The molecule has 5 heterocycles. The molecule has 2 fully saturated rings. The molecular formula is C22H25F3N6O4. The summed E-state index contributed by atoms with van der Waals surface area (Å²) in [5.74, 6) is -0.0124. The number of morpholine rings is 1. The van der Waals surface area contributed by atoms with Crippen molar-refractivity contribution in [1.29, 1.82) is 0 Å². The second kappa shape index (κ2) is 9.11. The third kappa shape index (κ3) is 4.57. The van der Waals surface area contributed by atoms with Gasteiger partial charge in [0.1, 0.15) is 17.7 Å². The van der Waals surface area contributed by atoms with Gasteiger partial charge in [-0.1, -0.05) is 0 Å². The lowest BCUT2D eigenvalue weighted by molar-refractivity contribution is -0.152. The van der Waals surface area contributed by atoms with E-state index in [-0.39, 0.29) is 49.8 Å². The summed E-state index contributed by atoms with van der Waals surface area (Å²) in [6.45, 7) is 0.415. The van der Waals surface area contributed by atoms with Crippen molar-refractivity contribution >= 4 is 23.4 Å². The molecule has 2 aromatic rings. The van der Waals surface area contributed by atoms with Crippen LogP contribution >= 0.6 is 0 Å². The van der Waals surface area contributed by atoms with Crippen LogP contribution in [0.25, 0.3) is 0 Å². The van der Waals surface area contributed by atoms with Gasteiger partial charge < -0.3 is 25.0 Å². The van der Waals surface area contributed by atoms with Gasteiger partial charge in [-0.3, -0.25) is 14.2 Å².